The Bertz CT molecular complexity index is 433. The summed E-state index contributed by atoms with van der Waals surface area (Å²) in [6, 6.07) is 9.61. The van der Waals surface area contributed by atoms with Crippen molar-refractivity contribution in [2.75, 3.05) is 25.0 Å². The van der Waals surface area contributed by atoms with Crippen LogP contribution >= 0.6 is 11.6 Å². The maximum absolute atomic E-state index is 12.2. The molecule has 4 heteroatoms. The molecule has 0 aromatic heterocycles. The van der Waals surface area contributed by atoms with Crippen LogP contribution in [0.3, 0.4) is 0 Å². The largest absolute Gasteiger partial charge is 0.326 e. The maximum atomic E-state index is 12.2. The predicted molar refractivity (Wildman–Crippen MR) is 79.2 cm³/mol. The molecule has 19 heavy (non-hydrogen) atoms. The number of hydrogen-bond donors (Lipinski definition) is 1. The molecule has 1 atom stereocenters. The highest BCUT2D eigenvalue weighted by Gasteiger charge is 2.25. The number of piperidine rings is 1. The van der Waals surface area contributed by atoms with E-state index in [4.69, 9.17) is 11.6 Å². The van der Waals surface area contributed by atoms with Crippen molar-refractivity contribution in [1.29, 1.82) is 0 Å². The number of carbonyl (C=O) groups excluding carboxylic acids is 1. The van der Waals surface area contributed by atoms with Gasteiger partial charge in [0.15, 0.2) is 0 Å². The average Bonchev–Trinajstić information content (AvgIpc) is 2.46. The summed E-state index contributed by atoms with van der Waals surface area (Å²) in [5, 5.41) is 2.98. The minimum atomic E-state index is 0.0673. The number of anilines is 1. The fourth-order valence-corrected chi connectivity index (χ4v) is 2.47. The number of nitrogens with one attached hydrogen (secondary N) is 1. The summed E-state index contributed by atoms with van der Waals surface area (Å²) in [6.07, 6.45) is 3.93. The first-order chi connectivity index (χ1) is 9.29. The van der Waals surface area contributed by atoms with Crippen molar-refractivity contribution >= 4 is 23.2 Å². The molecule has 102 valence electrons. The molecule has 1 amide bonds. The molecule has 1 aliphatic heterocycles. The van der Waals surface area contributed by atoms with Gasteiger partial charge >= 0.3 is 0 Å². The van der Waals surface area contributed by atoms with Crippen LogP contribution in [-0.4, -0.2) is 30.4 Å². The molecule has 1 unspecified atom stereocenters. The Kier molecular flexibility index (Phi) is 5.43. The topological polar surface area (TPSA) is 32.3 Å². The third-order valence-corrected chi connectivity index (χ3v) is 3.55. The standard InChI is InChI=1S/C15H19ClN2O/c16-9-5-11-18-10-4-6-13(12-18)15(19)17-14-7-2-1-3-8-14/h1-3,5,7-9,13H,4,6,10-12H2,(H,17,19)/b9-5+. The van der Waals surface area contributed by atoms with Crippen LogP contribution in [-0.2, 0) is 4.79 Å². The predicted octanol–water partition coefficient (Wildman–Crippen LogP) is 3.09. The number of nitrogens with zero attached hydrogens (tertiary/aromatic N) is 1. The molecule has 1 aromatic rings. The Morgan fingerprint density at radius 3 is 2.95 bits per heavy atom. The SMILES string of the molecule is O=C(Nc1ccccc1)C1CCCN(C/C=C/Cl)C1. The Hall–Kier alpha value is -1.32. The zero-order valence-electron chi connectivity index (χ0n) is 10.9. The van der Waals surface area contributed by atoms with Gasteiger partial charge in [-0.05, 0) is 31.5 Å². The van der Waals surface area contributed by atoms with Crippen LogP contribution in [0.2, 0.25) is 0 Å². The van der Waals surface area contributed by atoms with Crippen molar-refractivity contribution in [3.05, 3.63) is 41.9 Å². The van der Waals surface area contributed by atoms with Gasteiger partial charge in [0.25, 0.3) is 0 Å². The van der Waals surface area contributed by atoms with Gasteiger partial charge in [-0.15, -0.1) is 0 Å². The molecule has 0 aliphatic carbocycles. The van der Waals surface area contributed by atoms with Gasteiger partial charge in [-0.3, -0.25) is 9.69 Å². The molecule has 0 saturated carbocycles. The molecule has 1 N–H and O–H groups in total. The molecular weight excluding hydrogens is 260 g/mol. The summed E-state index contributed by atoms with van der Waals surface area (Å²) >= 11 is 5.54. The number of hydrogen-bond acceptors (Lipinski definition) is 2. The van der Waals surface area contributed by atoms with Crippen LogP contribution in [0.4, 0.5) is 5.69 Å². The van der Waals surface area contributed by atoms with Crippen molar-refractivity contribution in [3.8, 4) is 0 Å². The van der Waals surface area contributed by atoms with E-state index in [0.717, 1.165) is 38.2 Å². The van der Waals surface area contributed by atoms with E-state index in [1.165, 1.54) is 5.54 Å². The zero-order valence-corrected chi connectivity index (χ0v) is 11.6. The Balaban J connectivity index is 1.88. The monoisotopic (exact) mass is 278 g/mol. The smallest absolute Gasteiger partial charge is 0.228 e. The van der Waals surface area contributed by atoms with Gasteiger partial charge < -0.3 is 5.32 Å². The van der Waals surface area contributed by atoms with E-state index in [9.17, 15) is 4.79 Å². The maximum Gasteiger partial charge on any atom is 0.228 e. The van der Waals surface area contributed by atoms with Crippen molar-refractivity contribution in [1.82, 2.24) is 4.90 Å². The lowest BCUT2D eigenvalue weighted by Crippen LogP contribution is -2.40. The average molecular weight is 279 g/mol. The van der Waals surface area contributed by atoms with E-state index in [0.29, 0.717) is 0 Å². The molecule has 1 fully saturated rings. The van der Waals surface area contributed by atoms with Crippen molar-refractivity contribution in [2.24, 2.45) is 5.92 Å². The Labute approximate surface area is 119 Å². The summed E-state index contributed by atoms with van der Waals surface area (Å²) in [5.74, 6) is 0.184. The lowest BCUT2D eigenvalue weighted by Gasteiger charge is -2.31. The number of likely N-dealkylation sites (tertiary alicyclic amines) is 1. The third kappa shape index (κ3) is 4.37. The first-order valence-electron chi connectivity index (χ1n) is 6.63. The summed E-state index contributed by atoms with van der Waals surface area (Å²) in [5.41, 5.74) is 2.40. The fraction of sp³-hybridized carbons (Fsp3) is 0.400. The first kappa shape index (κ1) is 14.1. The normalized spacial score (nSPS) is 20.6. The third-order valence-electron chi connectivity index (χ3n) is 3.37. The van der Waals surface area contributed by atoms with Gasteiger partial charge in [0.05, 0.1) is 5.92 Å². The van der Waals surface area contributed by atoms with Crippen LogP contribution in [0.5, 0.6) is 0 Å². The number of para-hydroxylation sites is 1. The van der Waals surface area contributed by atoms with Gasteiger partial charge in [-0.25, -0.2) is 0 Å². The molecular formula is C15H19ClN2O. The molecule has 1 heterocycles. The molecule has 3 nitrogen and oxygen atoms in total. The second-order valence-electron chi connectivity index (χ2n) is 4.82. The molecule has 0 spiro atoms. The minimum absolute atomic E-state index is 0.0673. The zero-order chi connectivity index (χ0) is 13.5. The molecule has 0 bridgehead atoms. The summed E-state index contributed by atoms with van der Waals surface area (Å²) in [4.78, 5) is 14.5. The van der Waals surface area contributed by atoms with Gasteiger partial charge in [-0.1, -0.05) is 35.9 Å². The molecule has 0 radical (unpaired) electrons. The van der Waals surface area contributed by atoms with Gasteiger partial charge in [-0.2, -0.15) is 0 Å². The van der Waals surface area contributed by atoms with Gasteiger partial charge in [0.2, 0.25) is 5.91 Å². The van der Waals surface area contributed by atoms with E-state index in [1.54, 1.807) is 0 Å². The van der Waals surface area contributed by atoms with Crippen LogP contribution in [0.15, 0.2) is 41.9 Å². The van der Waals surface area contributed by atoms with E-state index < -0.39 is 0 Å². The van der Waals surface area contributed by atoms with Crippen LogP contribution in [0.1, 0.15) is 12.8 Å². The first-order valence-corrected chi connectivity index (χ1v) is 7.06. The van der Waals surface area contributed by atoms with Crippen molar-refractivity contribution in [3.63, 3.8) is 0 Å². The number of halogens is 1. The van der Waals surface area contributed by atoms with E-state index in [-0.39, 0.29) is 11.8 Å². The van der Waals surface area contributed by atoms with E-state index in [1.807, 2.05) is 36.4 Å². The highest BCUT2D eigenvalue weighted by Crippen LogP contribution is 2.18. The van der Waals surface area contributed by atoms with Gasteiger partial charge in [0, 0.05) is 24.3 Å². The fourth-order valence-electron chi connectivity index (χ4n) is 2.39. The van der Waals surface area contributed by atoms with Gasteiger partial charge in [0.1, 0.15) is 0 Å². The number of benzene rings is 1. The van der Waals surface area contributed by atoms with E-state index >= 15 is 0 Å². The highest BCUT2D eigenvalue weighted by atomic mass is 35.5. The highest BCUT2D eigenvalue weighted by molar-refractivity contribution is 6.25. The number of amides is 1. The quantitative estimate of drug-likeness (QED) is 0.918. The second-order valence-corrected chi connectivity index (χ2v) is 5.07. The number of carbonyl (C=O) groups is 1. The summed E-state index contributed by atoms with van der Waals surface area (Å²) < 4.78 is 0. The van der Waals surface area contributed by atoms with Crippen LogP contribution < -0.4 is 5.32 Å². The second kappa shape index (κ2) is 7.31. The van der Waals surface area contributed by atoms with Crippen LogP contribution in [0.25, 0.3) is 0 Å². The molecule has 2 rings (SSSR count). The molecule has 1 aliphatic rings. The Morgan fingerprint density at radius 2 is 2.21 bits per heavy atom. The molecule has 1 saturated heterocycles. The number of rotatable bonds is 4. The minimum Gasteiger partial charge on any atom is -0.326 e. The van der Waals surface area contributed by atoms with E-state index in [2.05, 4.69) is 10.2 Å². The summed E-state index contributed by atoms with van der Waals surface area (Å²) in [7, 11) is 0. The van der Waals surface area contributed by atoms with Crippen molar-refractivity contribution < 1.29 is 4.79 Å². The van der Waals surface area contributed by atoms with Crippen LogP contribution in [0, 0.1) is 5.92 Å². The summed E-state index contributed by atoms with van der Waals surface area (Å²) in [6.45, 7) is 2.66. The lowest BCUT2D eigenvalue weighted by atomic mass is 9.97. The molecule has 1 aromatic carbocycles. The Morgan fingerprint density at radius 1 is 1.42 bits per heavy atom. The van der Waals surface area contributed by atoms with Crippen molar-refractivity contribution in [2.45, 2.75) is 12.8 Å². The lowest BCUT2D eigenvalue weighted by molar-refractivity contribution is -0.121.